The topological polar surface area (TPSA) is 123 Å². The van der Waals surface area contributed by atoms with Gasteiger partial charge in [-0.3, -0.25) is 9.69 Å². The van der Waals surface area contributed by atoms with Gasteiger partial charge in [-0.05, 0) is 112 Å². The summed E-state index contributed by atoms with van der Waals surface area (Å²) in [7, 11) is -0.747. The van der Waals surface area contributed by atoms with Crippen molar-refractivity contribution in [3.63, 3.8) is 0 Å². The molecule has 6 rings (SSSR count). The third-order valence-electron chi connectivity index (χ3n) is 10.6. The van der Waals surface area contributed by atoms with Crippen LogP contribution in [0, 0.1) is 30.6 Å². The number of carbonyl (C=O) groups excluding carboxylic acids is 1. The van der Waals surface area contributed by atoms with Crippen molar-refractivity contribution in [2.75, 3.05) is 40.3 Å². The molecule has 4 aromatic rings. The number of likely N-dealkylation sites (tertiary alicyclic amines) is 2. The van der Waals surface area contributed by atoms with E-state index in [1.165, 1.54) is 4.31 Å². The lowest BCUT2D eigenvalue weighted by Gasteiger charge is -2.47. The Balaban J connectivity index is 1.13. The minimum Gasteiger partial charge on any atom is -0.497 e. The first-order chi connectivity index (χ1) is 23.0. The number of aromatic nitrogens is 2. The van der Waals surface area contributed by atoms with Crippen LogP contribution in [-0.2, 0) is 16.6 Å². The second-order valence-electron chi connectivity index (χ2n) is 13.4. The fourth-order valence-electron chi connectivity index (χ4n) is 7.43. The Morgan fingerprint density at radius 3 is 2.33 bits per heavy atom. The van der Waals surface area contributed by atoms with E-state index in [2.05, 4.69) is 16.0 Å². The van der Waals surface area contributed by atoms with Crippen LogP contribution in [0.25, 0.3) is 11.0 Å². The van der Waals surface area contributed by atoms with Crippen LogP contribution in [0.4, 0.5) is 0 Å². The van der Waals surface area contributed by atoms with E-state index in [9.17, 15) is 18.5 Å². The highest BCUT2D eigenvalue weighted by molar-refractivity contribution is 7.89. The minimum atomic E-state index is -3.86. The molecular weight excluding hydrogens is 625 g/mol. The molecule has 2 saturated heterocycles. The molecule has 1 atom stereocenters. The molecule has 11 heteroatoms. The lowest BCUT2D eigenvalue weighted by atomic mass is 9.71. The zero-order valence-electron chi connectivity index (χ0n) is 28.4. The second-order valence-corrected chi connectivity index (χ2v) is 15.4. The Morgan fingerprint density at radius 2 is 1.69 bits per heavy atom. The number of aryl methyl sites for hydroxylation is 2. The van der Waals surface area contributed by atoms with Gasteiger partial charge in [-0.25, -0.2) is 13.4 Å². The van der Waals surface area contributed by atoms with Gasteiger partial charge in [0.1, 0.15) is 17.1 Å². The van der Waals surface area contributed by atoms with Crippen LogP contribution in [0.5, 0.6) is 5.75 Å². The number of benzene rings is 3. The maximum atomic E-state index is 13.9. The van der Waals surface area contributed by atoms with E-state index in [-0.39, 0.29) is 16.2 Å². The van der Waals surface area contributed by atoms with Gasteiger partial charge in [0.25, 0.3) is 5.91 Å². The Hall–Kier alpha value is -4.24. The first kappa shape index (κ1) is 33.7. The number of hydrogen-bond donors (Lipinski definition) is 1. The number of methoxy groups -OCH3 is 1. The first-order valence-electron chi connectivity index (χ1n) is 16.6. The summed E-state index contributed by atoms with van der Waals surface area (Å²) >= 11 is 0. The van der Waals surface area contributed by atoms with Crippen LogP contribution in [0.3, 0.4) is 0 Å². The van der Waals surface area contributed by atoms with Crippen LogP contribution in [-0.4, -0.2) is 78.7 Å². The van der Waals surface area contributed by atoms with Crippen molar-refractivity contribution in [2.45, 2.75) is 63.9 Å². The molecule has 1 unspecified atom stereocenters. The molecule has 2 aliphatic rings. The van der Waals surface area contributed by atoms with E-state index in [1.807, 2.05) is 47.4 Å². The van der Waals surface area contributed by atoms with E-state index in [0.29, 0.717) is 52.4 Å². The van der Waals surface area contributed by atoms with Crippen molar-refractivity contribution in [2.24, 2.45) is 5.41 Å². The molecule has 0 aliphatic carbocycles. The number of aromatic amines is 1. The van der Waals surface area contributed by atoms with Crippen LogP contribution in [0.2, 0.25) is 0 Å². The summed E-state index contributed by atoms with van der Waals surface area (Å²) in [5.41, 5.74) is 5.06. The third-order valence-corrected chi connectivity index (χ3v) is 12.8. The van der Waals surface area contributed by atoms with E-state index in [0.717, 1.165) is 56.4 Å². The number of amides is 1. The fourth-order valence-corrected chi connectivity index (χ4v) is 9.17. The number of H-pyrrole nitrogens is 1. The number of ether oxygens (including phenoxy) is 1. The number of nitrogens with one attached hydrogen (secondary N) is 1. The average molecular weight is 669 g/mol. The summed E-state index contributed by atoms with van der Waals surface area (Å²) in [6, 6.07) is 18.5. The van der Waals surface area contributed by atoms with Crippen molar-refractivity contribution < 1.29 is 17.9 Å². The van der Waals surface area contributed by atoms with E-state index in [1.54, 1.807) is 47.1 Å². The van der Waals surface area contributed by atoms with E-state index >= 15 is 0 Å². The molecule has 2 fully saturated rings. The summed E-state index contributed by atoms with van der Waals surface area (Å²) in [6.07, 6.45) is 4.11. The van der Waals surface area contributed by atoms with Crippen LogP contribution < -0.4 is 4.74 Å². The Morgan fingerprint density at radius 1 is 1.04 bits per heavy atom. The predicted molar refractivity (Wildman–Crippen MR) is 185 cm³/mol. The number of sulfonamides is 1. The van der Waals surface area contributed by atoms with Gasteiger partial charge < -0.3 is 14.6 Å². The van der Waals surface area contributed by atoms with Crippen molar-refractivity contribution in [1.82, 2.24) is 24.1 Å². The highest BCUT2D eigenvalue weighted by Crippen LogP contribution is 2.42. The van der Waals surface area contributed by atoms with Gasteiger partial charge in [0.2, 0.25) is 10.0 Å². The second kappa shape index (κ2) is 13.3. The van der Waals surface area contributed by atoms with Gasteiger partial charge in [0.05, 0.1) is 40.8 Å². The summed E-state index contributed by atoms with van der Waals surface area (Å²) in [6.45, 7) is 9.49. The molecule has 10 nitrogen and oxygen atoms in total. The molecule has 48 heavy (non-hydrogen) atoms. The van der Waals surface area contributed by atoms with Crippen LogP contribution in [0.15, 0.2) is 59.5 Å². The smallest absolute Gasteiger partial charge is 0.256 e. The largest absolute Gasteiger partial charge is 0.497 e. The number of rotatable bonds is 8. The Labute approximate surface area is 283 Å². The maximum absolute atomic E-state index is 13.9. The number of nitriles is 1. The number of carbonyl (C=O) groups is 1. The molecule has 0 bridgehead atoms. The van der Waals surface area contributed by atoms with Gasteiger partial charge in [-0.2, -0.15) is 9.57 Å². The summed E-state index contributed by atoms with van der Waals surface area (Å²) in [4.78, 5) is 26.6. The fraction of sp³-hybridized carbons (Fsp3) is 0.432. The summed E-state index contributed by atoms with van der Waals surface area (Å²) in [5.74, 6) is 1.04. The number of para-hydroxylation sites is 1. The summed E-state index contributed by atoms with van der Waals surface area (Å²) < 4.78 is 34.3. The molecule has 1 amide bonds. The van der Waals surface area contributed by atoms with Crippen LogP contribution >= 0.6 is 0 Å². The number of hydrogen-bond acceptors (Lipinski definition) is 7. The van der Waals surface area contributed by atoms with Crippen LogP contribution in [0.1, 0.15) is 77.1 Å². The lowest BCUT2D eigenvalue weighted by molar-refractivity contribution is 0.0286. The standard InChI is InChI=1S/C37H44N6O4S/c1-25-21-30(47-5)22-26(2)34(25)48(45,46)41(4)27(3)35-39-32-12-8-11-31(33(32)40-35)36(44)43-19-15-37(16-20-43)13-17-42(18-14-37)24-29-10-7-6-9-28(29)23-38/h6-12,21-22,27H,13-20,24H2,1-5H3,(H,39,40). The van der Waals surface area contributed by atoms with Gasteiger partial charge in [0, 0.05) is 26.7 Å². The lowest BCUT2D eigenvalue weighted by Crippen LogP contribution is -2.48. The van der Waals surface area contributed by atoms with E-state index in [4.69, 9.17) is 9.72 Å². The molecule has 252 valence electrons. The third kappa shape index (κ3) is 6.32. The molecule has 2 aliphatic heterocycles. The van der Waals surface area contributed by atoms with Gasteiger partial charge in [0.15, 0.2) is 0 Å². The molecule has 1 N–H and O–H groups in total. The number of fused-ring (bicyclic) bond motifs is 1. The minimum absolute atomic E-state index is 0.0443. The SMILES string of the molecule is COc1cc(C)c(S(=O)(=O)N(C)C(C)c2nc3c(C(=O)N4CCC5(CCN(Cc6ccccc6C#N)CC5)CC4)cccc3[nH]2)c(C)c1. The number of piperidine rings is 2. The predicted octanol–water partition coefficient (Wildman–Crippen LogP) is 5.96. The normalized spacial score (nSPS) is 17.5. The Bertz CT molecular complexity index is 1960. The molecule has 0 saturated carbocycles. The molecular formula is C37H44N6O4S. The maximum Gasteiger partial charge on any atom is 0.256 e. The number of nitrogens with zero attached hydrogens (tertiary/aromatic N) is 5. The molecule has 3 heterocycles. The van der Waals surface area contributed by atoms with Crippen molar-refractivity contribution in [3.8, 4) is 11.8 Å². The highest BCUT2D eigenvalue weighted by Gasteiger charge is 2.39. The molecule has 0 radical (unpaired) electrons. The van der Waals surface area contributed by atoms with Gasteiger partial charge in [-0.1, -0.05) is 24.3 Å². The van der Waals surface area contributed by atoms with E-state index < -0.39 is 16.1 Å². The quantitative estimate of drug-likeness (QED) is 0.246. The number of imidazole rings is 1. The van der Waals surface area contributed by atoms with Gasteiger partial charge in [-0.15, -0.1) is 0 Å². The molecule has 3 aromatic carbocycles. The van der Waals surface area contributed by atoms with Crippen molar-refractivity contribution in [3.05, 3.63) is 88.2 Å². The zero-order chi connectivity index (χ0) is 34.2. The zero-order valence-corrected chi connectivity index (χ0v) is 29.2. The monoisotopic (exact) mass is 668 g/mol. The molecule has 1 spiro atoms. The molecule has 1 aromatic heterocycles. The first-order valence-corrected chi connectivity index (χ1v) is 18.0. The summed E-state index contributed by atoms with van der Waals surface area (Å²) in [5, 5.41) is 9.47. The van der Waals surface area contributed by atoms with Crippen molar-refractivity contribution >= 4 is 27.0 Å². The van der Waals surface area contributed by atoms with Crippen molar-refractivity contribution in [1.29, 1.82) is 5.26 Å². The van der Waals surface area contributed by atoms with Gasteiger partial charge >= 0.3 is 0 Å². The highest BCUT2D eigenvalue weighted by atomic mass is 32.2. The average Bonchev–Trinajstić information content (AvgIpc) is 3.53. The Kier molecular flexibility index (Phi) is 9.35.